The van der Waals surface area contributed by atoms with E-state index in [9.17, 15) is 8.42 Å². The van der Waals surface area contributed by atoms with E-state index in [-0.39, 0.29) is 12.1 Å². The first-order valence-electron chi connectivity index (χ1n) is 4.78. The molecule has 1 heterocycles. The second-order valence-electron chi connectivity index (χ2n) is 4.02. The number of nitrogens with zero attached hydrogens (tertiary/aromatic N) is 2. The van der Waals surface area contributed by atoms with Crippen LogP contribution in [0.2, 0.25) is 0 Å². The van der Waals surface area contributed by atoms with Crippen LogP contribution < -0.4 is 5.32 Å². The Hall–Kier alpha value is -0.170. The first-order valence-corrected chi connectivity index (χ1v) is 6.18. The molecule has 0 aromatic rings. The normalized spacial score (nSPS) is 30.9. The molecule has 0 aromatic carbocycles. The van der Waals surface area contributed by atoms with Gasteiger partial charge in [0.1, 0.15) is 0 Å². The van der Waals surface area contributed by atoms with Crippen molar-refractivity contribution in [1.82, 2.24) is 13.9 Å². The van der Waals surface area contributed by atoms with Gasteiger partial charge in [-0.05, 0) is 13.8 Å². The molecule has 84 valence electrons. The Morgan fingerprint density at radius 3 is 2.43 bits per heavy atom. The minimum atomic E-state index is -3.26. The topological polar surface area (TPSA) is 52.7 Å². The van der Waals surface area contributed by atoms with Crippen LogP contribution in [0.5, 0.6) is 0 Å². The van der Waals surface area contributed by atoms with Crippen molar-refractivity contribution >= 4 is 10.2 Å². The highest BCUT2D eigenvalue weighted by Gasteiger charge is 2.33. The van der Waals surface area contributed by atoms with E-state index in [4.69, 9.17) is 0 Å². The molecule has 2 unspecified atom stereocenters. The lowest BCUT2D eigenvalue weighted by Gasteiger charge is -2.37. The number of piperazine rings is 1. The van der Waals surface area contributed by atoms with Crippen molar-refractivity contribution in [3.63, 3.8) is 0 Å². The molecule has 5 nitrogen and oxygen atoms in total. The lowest BCUT2D eigenvalue weighted by Crippen LogP contribution is -2.58. The van der Waals surface area contributed by atoms with Crippen LogP contribution in [-0.4, -0.2) is 56.3 Å². The standard InChI is InChI=1S/C8H19N3O2S/c1-7-6-11(8(2)5-9-7)14(12,13)10(3)4/h7-9H,5-6H2,1-4H3. The van der Waals surface area contributed by atoms with E-state index in [1.54, 1.807) is 18.4 Å². The van der Waals surface area contributed by atoms with Gasteiger partial charge in [-0.3, -0.25) is 0 Å². The predicted molar refractivity (Wildman–Crippen MR) is 56.2 cm³/mol. The number of hydrogen-bond donors (Lipinski definition) is 1. The molecule has 6 heteroatoms. The third kappa shape index (κ3) is 2.25. The molecular weight excluding hydrogens is 202 g/mol. The van der Waals surface area contributed by atoms with Crippen LogP contribution in [0.1, 0.15) is 13.8 Å². The molecule has 1 aliphatic heterocycles. The van der Waals surface area contributed by atoms with Crippen LogP contribution in [0, 0.1) is 0 Å². The molecule has 1 N–H and O–H groups in total. The van der Waals surface area contributed by atoms with Crippen LogP contribution in [0.15, 0.2) is 0 Å². The Labute approximate surface area is 86.3 Å². The maximum Gasteiger partial charge on any atom is 0.281 e. The summed E-state index contributed by atoms with van der Waals surface area (Å²) in [5, 5.41) is 3.25. The molecule has 2 atom stereocenters. The van der Waals surface area contributed by atoms with Crippen molar-refractivity contribution in [2.75, 3.05) is 27.2 Å². The van der Waals surface area contributed by atoms with Gasteiger partial charge in [0.25, 0.3) is 10.2 Å². The fourth-order valence-electron chi connectivity index (χ4n) is 1.52. The molecule has 0 bridgehead atoms. The Morgan fingerprint density at radius 1 is 1.36 bits per heavy atom. The fourth-order valence-corrected chi connectivity index (χ4v) is 2.88. The molecule has 0 radical (unpaired) electrons. The van der Waals surface area contributed by atoms with Gasteiger partial charge in [0.2, 0.25) is 0 Å². The monoisotopic (exact) mass is 221 g/mol. The third-order valence-electron chi connectivity index (χ3n) is 2.46. The molecule has 14 heavy (non-hydrogen) atoms. The van der Waals surface area contributed by atoms with Crippen LogP contribution >= 0.6 is 0 Å². The van der Waals surface area contributed by atoms with Crippen molar-refractivity contribution < 1.29 is 8.42 Å². The summed E-state index contributed by atoms with van der Waals surface area (Å²) in [6.07, 6.45) is 0. The number of nitrogens with one attached hydrogen (secondary N) is 1. The summed E-state index contributed by atoms with van der Waals surface area (Å²) in [6.45, 7) is 5.17. The summed E-state index contributed by atoms with van der Waals surface area (Å²) in [5.41, 5.74) is 0. The van der Waals surface area contributed by atoms with E-state index in [1.807, 2.05) is 13.8 Å². The van der Waals surface area contributed by atoms with E-state index >= 15 is 0 Å². The van der Waals surface area contributed by atoms with E-state index in [0.29, 0.717) is 13.1 Å². The van der Waals surface area contributed by atoms with Crippen molar-refractivity contribution in [2.45, 2.75) is 25.9 Å². The highest BCUT2D eigenvalue weighted by Crippen LogP contribution is 2.13. The van der Waals surface area contributed by atoms with Crippen LogP contribution in [-0.2, 0) is 10.2 Å². The average Bonchev–Trinajstić information content (AvgIpc) is 2.08. The summed E-state index contributed by atoms with van der Waals surface area (Å²) in [7, 11) is -0.127. The van der Waals surface area contributed by atoms with Gasteiger partial charge < -0.3 is 5.32 Å². The van der Waals surface area contributed by atoms with Gasteiger partial charge in [0.15, 0.2) is 0 Å². The Kier molecular flexibility index (Phi) is 3.52. The summed E-state index contributed by atoms with van der Waals surface area (Å²) < 4.78 is 26.5. The van der Waals surface area contributed by atoms with Gasteiger partial charge in [-0.2, -0.15) is 17.0 Å². The Morgan fingerprint density at radius 2 is 1.93 bits per heavy atom. The van der Waals surface area contributed by atoms with Crippen LogP contribution in [0.4, 0.5) is 0 Å². The van der Waals surface area contributed by atoms with Crippen LogP contribution in [0.3, 0.4) is 0 Å². The Bertz CT molecular complexity index is 289. The summed E-state index contributed by atoms with van der Waals surface area (Å²) >= 11 is 0. The lowest BCUT2D eigenvalue weighted by atomic mass is 10.2. The maximum absolute atomic E-state index is 11.9. The molecule has 0 amide bonds. The number of rotatable bonds is 2. The highest BCUT2D eigenvalue weighted by molar-refractivity contribution is 7.86. The van der Waals surface area contributed by atoms with Gasteiger partial charge in [-0.25, -0.2) is 0 Å². The van der Waals surface area contributed by atoms with Crippen molar-refractivity contribution in [3.05, 3.63) is 0 Å². The number of hydrogen-bond acceptors (Lipinski definition) is 3. The molecule has 0 spiro atoms. The molecule has 0 aromatic heterocycles. The van der Waals surface area contributed by atoms with E-state index in [2.05, 4.69) is 5.32 Å². The largest absolute Gasteiger partial charge is 0.311 e. The molecule has 1 rings (SSSR count). The zero-order chi connectivity index (χ0) is 10.9. The van der Waals surface area contributed by atoms with Crippen molar-refractivity contribution in [3.8, 4) is 0 Å². The first kappa shape index (κ1) is 11.9. The van der Waals surface area contributed by atoms with Gasteiger partial charge in [0, 0.05) is 39.3 Å². The molecule has 1 saturated heterocycles. The second-order valence-corrected chi connectivity index (χ2v) is 6.11. The maximum atomic E-state index is 11.9. The predicted octanol–water partition coefficient (Wildman–Crippen LogP) is -0.525. The van der Waals surface area contributed by atoms with Gasteiger partial charge in [-0.15, -0.1) is 0 Å². The van der Waals surface area contributed by atoms with E-state index in [1.165, 1.54) is 4.31 Å². The van der Waals surface area contributed by atoms with Gasteiger partial charge in [0.05, 0.1) is 0 Å². The quantitative estimate of drug-likeness (QED) is 0.682. The van der Waals surface area contributed by atoms with Gasteiger partial charge in [-0.1, -0.05) is 0 Å². The first-order chi connectivity index (χ1) is 6.35. The molecule has 1 fully saturated rings. The molecule has 0 aliphatic carbocycles. The third-order valence-corrected chi connectivity index (χ3v) is 4.49. The van der Waals surface area contributed by atoms with E-state index in [0.717, 1.165) is 0 Å². The fraction of sp³-hybridized carbons (Fsp3) is 1.00. The summed E-state index contributed by atoms with van der Waals surface area (Å²) in [4.78, 5) is 0. The molecule has 0 saturated carbocycles. The minimum absolute atomic E-state index is 0.0265. The van der Waals surface area contributed by atoms with E-state index < -0.39 is 10.2 Å². The highest BCUT2D eigenvalue weighted by atomic mass is 32.2. The minimum Gasteiger partial charge on any atom is -0.311 e. The second kappa shape index (κ2) is 4.14. The Balaban J connectivity index is 2.85. The smallest absolute Gasteiger partial charge is 0.281 e. The van der Waals surface area contributed by atoms with Crippen LogP contribution in [0.25, 0.3) is 0 Å². The lowest BCUT2D eigenvalue weighted by molar-refractivity contribution is 0.233. The van der Waals surface area contributed by atoms with Gasteiger partial charge >= 0.3 is 0 Å². The SMILES string of the molecule is CC1CN(S(=O)(=O)N(C)C)C(C)CN1. The van der Waals surface area contributed by atoms with Crippen molar-refractivity contribution in [1.29, 1.82) is 0 Å². The zero-order valence-electron chi connectivity index (χ0n) is 9.19. The molecular formula is C8H19N3O2S. The summed E-state index contributed by atoms with van der Waals surface area (Å²) in [6, 6.07) is 0.250. The molecule has 1 aliphatic rings. The average molecular weight is 221 g/mol. The summed E-state index contributed by atoms with van der Waals surface area (Å²) in [5.74, 6) is 0. The zero-order valence-corrected chi connectivity index (χ0v) is 10.0. The van der Waals surface area contributed by atoms with Crippen molar-refractivity contribution in [2.24, 2.45) is 0 Å².